The first kappa shape index (κ1) is 18.1. The van der Waals surface area contributed by atoms with E-state index >= 15 is 0 Å². The molecule has 0 unspecified atom stereocenters. The van der Waals surface area contributed by atoms with Crippen molar-refractivity contribution in [2.75, 3.05) is 26.2 Å². The number of hydrogen-bond donors (Lipinski definition) is 0. The molecule has 2 aromatic rings. The Bertz CT molecular complexity index is 811. The van der Waals surface area contributed by atoms with E-state index in [0.717, 1.165) is 50.4 Å². The van der Waals surface area contributed by atoms with Gasteiger partial charge in [0.2, 0.25) is 0 Å². The fourth-order valence-corrected chi connectivity index (χ4v) is 4.22. The van der Waals surface area contributed by atoms with Crippen molar-refractivity contribution in [1.82, 2.24) is 24.6 Å². The maximum absolute atomic E-state index is 13.1. The van der Waals surface area contributed by atoms with Gasteiger partial charge < -0.3 is 9.64 Å². The predicted molar refractivity (Wildman–Crippen MR) is 101 cm³/mol. The number of amides is 1. The zero-order chi connectivity index (χ0) is 19.0. The summed E-state index contributed by atoms with van der Waals surface area (Å²) in [6, 6.07) is 4.06. The second-order valence-corrected chi connectivity index (χ2v) is 7.56. The van der Waals surface area contributed by atoms with E-state index in [2.05, 4.69) is 28.0 Å². The number of carbonyl (C=O) groups excluding carboxylic acids is 1. The molecule has 7 nitrogen and oxygen atoms in total. The van der Waals surface area contributed by atoms with Gasteiger partial charge in [-0.2, -0.15) is 5.10 Å². The van der Waals surface area contributed by atoms with Crippen molar-refractivity contribution in [2.24, 2.45) is 7.05 Å². The van der Waals surface area contributed by atoms with Gasteiger partial charge in [-0.05, 0) is 25.5 Å². The van der Waals surface area contributed by atoms with E-state index in [9.17, 15) is 4.79 Å². The second kappa shape index (κ2) is 7.40. The molecule has 1 amide bonds. The highest BCUT2D eigenvalue weighted by Gasteiger charge is 2.33. The smallest absolute Gasteiger partial charge is 0.274 e. The molecule has 2 atom stereocenters. The molecule has 0 spiro atoms. The fraction of sp³-hybridized carbons (Fsp3) is 0.550. The summed E-state index contributed by atoms with van der Waals surface area (Å²) in [4.78, 5) is 21.6. The van der Waals surface area contributed by atoms with Gasteiger partial charge in [0.15, 0.2) is 5.69 Å². The highest BCUT2D eigenvalue weighted by Crippen LogP contribution is 2.32. The maximum Gasteiger partial charge on any atom is 0.274 e. The van der Waals surface area contributed by atoms with Crippen molar-refractivity contribution < 1.29 is 9.53 Å². The third-order valence-corrected chi connectivity index (χ3v) is 5.50. The monoisotopic (exact) mass is 369 g/mol. The first-order valence-corrected chi connectivity index (χ1v) is 9.64. The zero-order valence-corrected chi connectivity index (χ0v) is 16.3. The Morgan fingerprint density at radius 1 is 1.26 bits per heavy atom. The summed E-state index contributed by atoms with van der Waals surface area (Å²) >= 11 is 0. The van der Waals surface area contributed by atoms with Crippen molar-refractivity contribution in [1.29, 1.82) is 0 Å². The summed E-state index contributed by atoms with van der Waals surface area (Å²) in [6.45, 7) is 8.15. The summed E-state index contributed by atoms with van der Waals surface area (Å²) < 4.78 is 7.72. The van der Waals surface area contributed by atoms with E-state index < -0.39 is 0 Å². The van der Waals surface area contributed by atoms with Crippen LogP contribution in [-0.4, -0.2) is 62.8 Å². The third-order valence-electron chi connectivity index (χ3n) is 5.50. The molecule has 7 heteroatoms. The Morgan fingerprint density at radius 2 is 2.04 bits per heavy atom. The number of aromatic nitrogens is 3. The van der Waals surface area contributed by atoms with E-state index in [1.54, 1.807) is 6.20 Å². The molecule has 0 saturated carbocycles. The van der Waals surface area contributed by atoms with Gasteiger partial charge in [0, 0.05) is 64.1 Å². The zero-order valence-electron chi connectivity index (χ0n) is 16.3. The first-order valence-electron chi connectivity index (χ1n) is 9.64. The molecule has 2 aliphatic heterocycles. The van der Waals surface area contributed by atoms with Crippen LogP contribution >= 0.6 is 0 Å². The van der Waals surface area contributed by atoms with Crippen LogP contribution in [0.25, 0.3) is 0 Å². The quantitative estimate of drug-likeness (QED) is 0.825. The van der Waals surface area contributed by atoms with Gasteiger partial charge in [0.25, 0.3) is 5.91 Å². The van der Waals surface area contributed by atoms with Crippen molar-refractivity contribution in [3.63, 3.8) is 0 Å². The van der Waals surface area contributed by atoms with Crippen LogP contribution in [0.4, 0.5) is 0 Å². The summed E-state index contributed by atoms with van der Waals surface area (Å²) in [7, 11) is 1.90. The van der Waals surface area contributed by atoms with Gasteiger partial charge in [-0.25, -0.2) is 0 Å². The van der Waals surface area contributed by atoms with Crippen molar-refractivity contribution >= 4 is 5.91 Å². The molecule has 2 aromatic heterocycles. The number of ether oxygens (including phenoxy) is 1. The molecule has 0 aliphatic carbocycles. The lowest BCUT2D eigenvalue weighted by molar-refractivity contribution is -0.00908. The lowest BCUT2D eigenvalue weighted by Crippen LogP contribution is -2.48. The topological polar surface area (TPSA) is 63.5 Å². The largest absolute Gasteiger partial charge is 0.369 e. The van der Waals surface area contributed by atoms with Gasteiger partial charge in [-0.3, -0.25) is 19.4 Å². The summed E-state index contributed by atoms with van der Waals surface area (Å²) in [5.74, 6) is 0.0502. The normalized spacial score (nSPS) is 23.3. The van der Waals surface area contributed by atoms with E-state index in [4.69, 9.17) is 4.74 Å². The molecule has 0 aromatic carbocycles. The van der Waals surface area contributed by atoms with Gasteiger partial charge in [-0.15, -0.1) is 0 Å². The van der Waals surface area contributed by atoms with Gasteiger partial charge in [-0.1, -0.05) is 6.07 Å². The molecule has 4 heterocycles. The summed E-state index contributed by atoms with van der Waals surface area (Å²) in [5.41, 5.74) is 3.91. The maximum atomic E-state index is 13.1. The number of pyridine rings is 1. The SMILES string of the molecule is C[C@@H]1Cc2c(C(=O)N3CCN(Cc4cccnc4)CC3)nn(C)c2[C@H](C)O1. The summed E-state index contributed by atoms with van der Waals surface area (Å²) in [5, 5.41) is 4.56. The van der Waals surface area contributed by atoms with Crippen LogP contribution in [0.15, 0.2) is 24.5 Å². The minimum Gasteiger partial charge on any atom is -0.369 e. The van der Waals surface area contributed by atoms with Crippen LogP contribution in [-0.2, 0) is 24.8 Å². The van der Waals surface area contributed by atoms with Crippen LogP contribution in [0.1, 0.15) is 47.3 Å². The van der Waals surface area contributed by atoms with E-state index in [0.29, 0.717) is 5.69 Å². The van der Waals surface area contributed by atoms with Gasteiger partial charge in [0.1, 0.15) is 0 Å². The Labute approximate surface area is 159 Å². The molecule has 4 rings (SSSR count). The number of rotatable bonds is 3. The molecule has 144 valence electrons. The molecule has 0 radical (unpaired) electrons. The number of nitrogens with zero attached hydrogens (tertiary/aromatic N) is 5. The van der Waals surface area contributed by atoms with Crippen LogP contribution in [0, 0.1) is 0 Å². The molecule has 2 aliphatic rings. The van der Waals surface area contributed by atoms with E-state index in [1.165, 1.54) is 5.56 Å². The average molecular weight is 369 g/mol. The number of aryl methyl sites for hydroxylation is 1. The lowest BCUT2D eigenvalue weighted by Gasteiger charge is -2.34. The Kier molecular flexibility index (Phi) is 4.97. The van der Waals surface area contributed by atoms with Gasteiger partial charge >= 0.3 is 0 Å². The van der Waals surface area contributed by atoms with E-state index in [-0.39, 0.29) is 18.1 Å². The van der Waals surface area contributed by atoms with Crippen LogP contribution < -0.4 is 0 Å². The molecule has 1 fully saturated rings. The minimum absolute atomic E-state index is 0.0286. The van der Waals surface area contributed by atoms with E-state index in [1.807, 2.05) is 35.8 Å². The first-order chi connectivity index (χ1) is 13.0. The number of fused-ring (bicyclic) bond motifs is 1. The molecule has 27 heavy (non-hydrogen) atoms. The van der Waals surface area contributed by atoms with Crippen molar-refractivity contribution in [3.05, 3.63) is 47.0 Å². The highest BCUT2D eigenvalue weighted by atomic mass is 16.5. The Balaban J connectivity index is 1.44. The van der Waals surface area contributed by atoms with Crippen LogP contribution in [0.2, 0.25) is 0 Å². The third kappa shape index (κ3) is 3.61. The van der Waals surface area contributed by atoms with Crippen LogP contribution in [0.3, 0.4) is 0 Å². The molecular formula is C20H27N5O2. The van der Waals surface area contributed by atoms with Gasteiger partial charge in [0.05, 0.1) is 17.9 Å². The molecule has 0 N–H and O–H groups in total. The van der Waals surface area contributed by atoms with Crippen molar-refractivity contribution in [2.45, 2.75) is 39.0 Å². The standard InChI is InChI=1S/C20H27N5O2/c1-14-11-17-18(22-23(3)19(17)15(2)27-14)20(26)25-9-7-24(8-10-25)13-16-5-4-6-21-12-16/h4-6,12,14-15H,7-11,13H2,1-3H3/t14-,15+/m1/s1. The molecular weight excluding hydrogens is 342 g/mol. The lowest BCUT2D eigenvalue weighted by atomic mass is 9.99. The predicted octanol–water partition coefficient (Wildman–Crippen LogP) is 1.80. The fourth-order valence-electron chi connectivity index (χ4n) is 4.22. The highest BCUT2D eigenvalue weighted by molar-refractivity contribution is 5.94. The Hall–Kier alpha value is -2.25. The van der Waals surface area contributed by atoms with Crippen LogP contribution in [0.5, 0.6) is 0 Å². The average Bonchev–Trinajstić information content (AvgIpc) is 2.99. The minimum atomic E-state index is -0.0286. The number of hydrogen-bond acceptors (Lipinski definition) is 5. The number of piperazine rings is 1. The number of carbonyl (C=O) groups is 1. The molecule has 0 bridgehead atoms. The van der Waals surface area contributed by atoms with Crippen molar-refractivity contribution in [3.8, 4) is 0 Å². The summed E-state index contributed by atoms with van der Waals surface area (Å²) in [6.07, 6.45) is 4.52. The second-order valence-electron chi connectivity index (χ2n) is 7.56. The molecule has 1 saturated heterocycles. The Morgan fingerprint density at radius 3 is 2.74 bits per heavy atom.